The van der Waals surface area contributed by atoms with E-state index in [0.717, 1.165) is 19.3 Å². The van der Waals surface area contributed by atoms with E-state index in [9.17, 15) is 13.2 Å². The Kier molecular flexibility index (Phi) is 2.99. The van der Waals surface area contributed by atoms with Gasteiger partial charge in [-0.25, -0.2) is 0 Å². The minimum Gasteiger partial charge on any atom is -0.327 e. The molecule has 0 aromatic heterocycles. The smallest absolute Gasteiger partial charge is 0.327 e. The molecular formula is C8H14F3N. The van der Waals surface area contributed by atoms with Crippen molar-refractivity contribution >= 4 is 0 Å². The fourth-order valence-corrected chi connectivity index (χ4v) is 1.79. The molecule has 0 aliphatic heterocycles. The first-order valence-electron chi connectivity index (χ1n) is 4.31. The molecule has 1 saturated carbocycles. The Morgan fingerprint density at radius 1 is 1.17 bits per heavy atom. The van der Waals surface area contributed by atoms with Crippen LogP contribution in [-0.2, 0) is 0 Å². The molecule has 0 bridgehead atoms. The lowest BCUT2D eigenvalue weighted by Crippen LogP contribution is -2.35. The highest BCUT2D eigenvalue weighted by Crippen LogP contribution is 2.33. The van der Waals surface area contributed by atoms with Gasteiger partial charge in [-0.15, -0.1) is 0 Å². The summed E-state index contributed by atoms with van der Waals surface area (Å²) in [4.78, 5) is 0. The highest BCUT2D eigenvalue weighted by molar-refractivity contribution is 4.79. The lowest BCUT2D eigenvalue weighted by Gasteiger charge is -2.29. The van der Waals surface area contributed by atoms with Crippen LogP contribution in [0.5, 0.6) is 0 Å². The van der Waals surface area contributed by atoms with Crippen molar-refractivity contribution in [3.05, 3.63) is 0 Å². The molecule has 0 spiro atoms. The first-order chi connectivity index (χ1) is 5.49. The largest absolute Gasteiger partial charge is 0.389 e. The predicted molar refractivity (Wildman–Crippen MR) is 40.6 cm³/mol. The molecule has 0 radical (unpaired) electrons. The third-order valence-electron chi connectivity index (χ3n) is 2.46. The second kappa shape index (κ2) is 3.64. The Morgan fingerprint density at radius 2 is 1.75 bits per heavy atom. The zero-order valence-electron chi connectivity index (χ0n) is 6.90. The average Bonchev–Trinajstić information content (AvgIpc) is 1.91. The lowest BCUT2D eigenvalue weighted by atomic mass is 9.83. The summed E-state index contributed by atoms with van der Waals surface area (Å²) in [6, 6.07) is -0.236. The predicted octanol–water partition coefficient (Wildman–Crippen LogP) is 2.46. The van der Waals surface area contributed by atoms with E-state index in [0.29, 0.717) is 6.42 Å². The SMILES string of the molecule is N[C@@H]1CCCC[C@@H]1CC(F)(F)F. The molecule has 1 nitrogen and oxygen atoms in total. The lowest BCUT2D eigenvalue weighted by molar-refractivity contribution is -0.147. The number of halogens is 3. The molecule has 2 atom stereocenters. The number of rotatable bonds is 1. The summed E-state index contributed by atoms with van der Waals surface area (Å²) in [6.45, 7) is 0. The van der Waals surface area contributed by atoms with Crippen molar-refractivity contribution in [1.29, 1.82) is 0 Å². The molecule has 0 unspecified atom stereocenters. The Bertz CT molecular complexity index is 144. The van der Waals surface area contributed by atoms with Gasteiger partial charge in [0.2, 0.25) is 0 Å². The summed E-state index contributed by atoms with van der Waals surface area (Å²) in [5.74, 6) is -0.334. The molecule has 1 fully saturated rings. The molecule has 0 saturated heterocycles. The third kappa shape index (κ3) is 3.01. The highest BCUT2D eigenvalue weighted by atomic mass is 19.4. The molecule has 72 valence electrons. The van der Waals surface area contributed by atoms with Crippen LogP contribution in [-0.4, -0.2) is 12.2 Å². The van der Waals surface area contributed by atoms with E-state index in [-0.39, 0.29) is 12.0 Å². The van der Waals surface area contributed by atoms with E-state index < -0.39 is 12.6 Å². The number of nitrogens with two attached hydrogens (primary N) is 1. The van der Waals surface area contributed by atoms with Crippen molar-refractivity contribution in [2.24, 2.45) is 11.7 Å². The van der Waals surface area contributed by atoms with Crippen LogP contribution < -0.4 is 5.73 Å². The normalized spacial score (nSPS) is 32.0. The van der Waals surface area contributed by atoms with Gasteiger partial charge in [-0.05, 0) is 18.8 Å². The Balaban J connectivity index is 2.39. The summed E-state index contributed by atoms with van der Waals surface area (Å²) < 4.78 is 35.9. The van der Waals surface area contributed by atoms with Crippen LogP contribution in [0.2, 0.25) is 0 Å². The van der Waals surface area contributed by atoms with E-state index >= 15 is 0 Å². The minimum atomic E-state index is -4.04. The van der Waals surface area contributed by atoms with Crippen molar-refractivity contribution in [2.45, 2.75) is 44.3 Å². The molecule has 1 rings (SSSR count). The fourth-order valence-electron chi connectivity index (χ4n) is 1.79. The Hall–Kier alpha value is -0.250. The van der Waals surface area contributed by atoms with Gasteiger partial charge in [0.1, 0.15) is 0 Å². The van der Waals surface area contributed by atoms with Gasteiger partial charge in [0.25, 0.3) is 0 Å². The molecule has 12 heavy (non-hydrogen) atoms. The summed E-state index contributed by atoms with van der Waals surface area (Å²) >= 11 is 0. The highest BCUT2D eigenvalue weighted by Gasteiger charge is 2.35. The quantitative estimate of drug-likeness (QED) is 0.660. The average molecular weight is 181 g/mol. The standard InChI is InChI=1S/C8H14F3N/c9-8(10,11)5-6-3-1-2-4-7(6)12/h6-7H,1-5,12H2/t6-,7-/m1/s1. The van der Waals surface area contributed by atoms with Crippen molar-refractivity contribution in [3.8, 4) is 0 Å². The topological polar surface area (TPSA) is 26.0 Å². The molecule has 0 aromatic rings. The zero-order valence-corrected chi connectivity index (χ0v) is 6.90. The number of hydrogen-bond acceptors (Lipinski definition) is 1. The molecule has 2 N–H and O–H groups in total. The van der Waals surface area contributed by atoms with Crippen LogP contribution >= 0.6 is 0 Å². The Morgan fingerprint density at radius 3 is 2.25 bits per heavy atom. The zero-order chi connectivity index (χ0) is 9.19. The molecule has 1 aliphatic carbocycles. The van der Waals surface area contributed by atoms with Crippen LogP contribution in [0.1, 0.15) is 32.1 Å². The van der Waals surface area contributed by atoms with E-state index in [1.165, 1.54) is 0 Å². The van der Waals surface area contributed by atoms with Crippen LogP contribution in [0.3, 0.4) is 0 Å². The van der Waals surface area contributed by atoms with E-state index in [4.69, 9.17) is 5.73 Å². The Labute approximate surface area is 70.1 Å². The van der Waals surface area contributed by atoms with Crippen molar-refractivity contribution in [3.63, 3.8) is 0 Å². The van der Waals surface area contributed by atoms with Gasteiger partial charge in [0.15, 0.2) is 0 Å². The second-order valence-electron chi connectivity index (χ2n) is 3.53. The third-order valence-corrected chi connectivity index (χ3v) is 2.46. The van der Waals surface area contributed by atoms with Gasteiger partial charge in [0, 0.05) is 12.5 Å². The van der Waals surface area contributed by atoms with Gasteiger partial charge in [-0.2, -0.15) is 13.2 Å². The summed E-state index contributed by atoms with van der Waals surface area (Å²) in [5.41, 5.74) is 5.59. The molecule has 4 heteroatoms. The maximum Gasteiger partial charge on any atom is 0.389 e. The van der Waals surface area contributed by atoms with Crippen LogP contribution in [0.15, 0.2) is 0 Å². The molecular weight excluding hydrogens is 167 g/mol. The van der Waals surface area contributed by atoms with Crippen LogP contribution in [0.25, 0.3) is 0 Å². The maximum atomic E-state index is 12.0. The fraction of sp³-hybridized carbons (Fsp3) is 1.00. The first-order valence-corrected chi connectivity index (χ1v) is 4.31. The van der Waals surface area contributed by atoms with Crippen molar-refractivity contribution in [2.75, 3.05) is 0 Å². The molecule has 1 aliphatic rings. The summed E-state index contributed by atoms with van der Waals surface area (Å²) in [5, 5.41) is 0. The van der Waals surface area contributed by atoms with Gasteiger partial charge >= 0.3 is 6.18 Å². The number of alkyl halides is 3. The van der Waals surface area contributed by atoms with Gasteiger partial charge in [0.05, 0.1) is 0 Å². The second-order valence-corrected chi connectivity index (χ2v) is 3.53. The number of hydrogen-bond donors (Lipinski definition) is 1. The van der Waals surface area contributed by atoms with Crippen LogP contribution in [0, 0.1) is 5.92 Å². The summed E-state index contributed by atoms with van der Waals surface area (Å²) in [7, 11) is 0. The molecule has 0 heterocycles. The van der Waals surface area contributed by atoms with Gasteiger partial charge in [-0.3, -0.25) is 0 Å². The maximum absolute atomic E-state index is 12.0. The van der Waals surface area contributed by atoms with E-state index in [1.807, 2.05) is 0 Å². The van der Waals surface area contributed by atoms with Crippen molar-refractivity contribution in [1.82, 2.24) is 0 Å². The first kappa shape index (κ1) is 9.84. The van der Waals surface area contributed by atoms with E-state index in [2.05, 4.69) is 0 Å². The molecule has 0 aromatic carbocycles. The minimum absolute atomic E-state index is 0.236. The van der Waals surface area contributed by atoms with Crippen LogP contribution in [0.4, 0.5) is 13.2 Å². The van der Waals surface area contributed by atoms with E-state index in [1.54, 1.807) is 0 Å². The van der Waals surface area contributed by atoms with Crippen molar-refractivity contribution < 1.29 is 13.2 Å². The summed E-state index contributed by atoms with van der Waals surface area (Å²) in [6.07, 6.45) is -1.47. The monoisotopic (exact) mass is 181 g/mol. The van der Waals surface area contributed by atoms with Gasteiger partial charge in [-0.1, -0.05) is 12.8 Å². The van der Waals surface area contributed by atoms with Gasteiger partial charge < -0.3 is 5.73 Å². The molecule has 0 amide bonds.